The van der Waals surface area contributed by atoms with Crippen LogP contribution in [0.15, 0.2) is 77.7 Å². The van der Waals surface area contributed by atoms with Gasteiger partial charge in [0.25, 0.3) is 0 Å². The molecule has 2 fully saturated rings. The maximum Gasteiger partial charge on any atom is 0.179 e. The molecule has 2 heterocycles. The lowest BCUT2D eigenvalue weighted by Gasteiger charge is -2.45. The predicted octanol–water partition coefficient (Wildman–Crippen LogP) is 6.42. The van der Waals surface area contributed by atoms with E-state index in [1.807, 2.05) is 42.5 Å². The van der Waals surface area contributed by atoms with Crippen LogP contribution in [0, 0.1) is 0 Å². The second-order valence-electron chi connectivity index (χ2n) is 11.7. The first-order valence-corrected chi connectivity index (χ1v) is 17.1. The number of piperidine rings is 2. The molecule has 224 valence electrons. The van der Waals surface area contributed by atoms with Crippen molar-refractivity contribution in [3.8, 4) is 0 Å². The molecular weight excluding hydrogens is 591 g/mol. The van der Waals surface area contributed by atoms with Crippen molar-refractivity contribution in [2.45, 2.75) is 61.0 Å². The number of hydrogen-bond acceptors (Lipinski definition) is 6. The molecule has 2 aliphatic heterocycles. The average Bonchev–Trinajstić information content (AvgIpc) is 3.00. The molecule has 0 amide bonds. The summed E-state index contributed by atoms with van der Waals surface area (Å²) in [5.74, 6) is -0.0116. The molecule has 42 heavy (non-hydrogen) atoms. The number of rotatable bonds is 10. The van der Waals surface area contributed by atoms with Crippen molar-refractivity contribution in [1.29, 1.82) is 0 Å². The van der Waals surface area contributed by atoms with Crippen LogP contribution in [0.5, 0.6) is 0 Å². The van der Waals surface area contributed by atoms with Gasteiger partial charge >= 0.3 is 0 Å². The van der Waals surface area contributed by atoms with Crippen LogP contribution in [-0.2, 0) is 15.3 Å². The number of likely N-dealkylation sites (tertiary alicyclic amines) is 1. The highest BCUT2D eigenvalue weighted by molar-refractivity contribution is 7.91. The Labute approximate surface area is 259 Å². The van der Waals surface area contributed by atoms with Crippen molar-refractivity contribution < 1.29 is 18.3 Å². The van der Waals surface area contributed by atoms with E-state index in [-0.39, 0.29) is 17.2 Å². The van der Waals surface area contributed by atoms with Crippen molar-refractivity contribution in [3.05, 3.63) is 94.0 Å². The minimum atomic E-state index is -3.49. The second-order valence-corrected chi connectivity index (χ2v) is 14.5. The highest BCUT2D eigenvalue weighted by atomic mass is 35.5. The maximum atomic E-state index is 13.2. The van der Waals surface area contributed by atoms with Crippen LogP contribution in [0.1, 0.15) is 54.4 Å². The molecule has 3 atom stereocenters. The van der Waals surface area contributed by atoms with Gasteiger partial charge in [-0.05, 0) is 87.0 Å². The average molecular weight is 630 g/mol. The number of carbonyl (C=O) groups excluding carboxylic acids is 1. The fourth-order valence-electron chi connectivity index (χ4n) is 6.77. The van der Waals surface area contributed by atoms with Gasteiger partial charge in [0.05, 0.1) is 26.8 Å². The SMILES string of the molecule is O=Cc1ccccc1N1CCCC(CCCN2CCC(O)CC2CS(=O)(=O)c2ccccc2)(c2ccc(Cl)c(Cl)c2)C1. The Morgan fingerprint density at radius 2 is 1.74 bits per heavy atom. The van der Waals surface area contributed by atoms with Crippen LogP contribution in [0.3, 0.4) is 0 Å². The Hall–Kier alpha value is -2.42. The Morgan fingerprint density at radius 3 is 2.50 bits per heavy atom. The minimum Gasteiger partial charge on any atom is -0.393 e. The number of benzene rings is 3. The molecule has 2 saturated heterocycles. The molecule has 3 aromatic carbocycles. The van der Waals surface area contributed by atoms with Gasteiger partial charge in [-0.25, -0.2) is 8.42 Å². The van der Waals surface area contributed by atoms with E-state index in [4.69, 9.17) is 23.2 Å². The van der Waals surface area contributed by atoms with Crippen molar-refractivity contribution >= 4 is 45.0 Å². The zero-order valence-corrected chi connectivity index (χ0v) is 26.0. The van der Waals surface area contributed by atoms with E-state index in [1.165, 1.54) is 0 Å². The molecule has 1 N–H and O–H groups in total. The van der Waals surface area contributed by atoms with Crippen LogP contribution < -0.4 is 4.90 Å². The van der Waals surface area contributed by atoms with Crippen LogP contribution in [0.2, 0.25) is 10.0 Å². The number of hydrogen-bond donors (Lipinski definition) is 1. The Morgan fingerprint density at radius 1 is 0.976 bits per heavy atom. The van der Waals surface area contributed by atoms with Crippen molar-refractivity contribution in [2.24, 2.45) is 0 Å². The second kappa shape index (κ2) is 13.5. The van der Waals surface area contributed by atoms with Gasteiger partial charge < -0.3 is 10.0 Å². The third-order valence-corrected chi connectivity index (χ3v) is 11.5. The number of aliphatic hydroxyl groups excluding tert-OH is 1. The van der Waals surface area contributed by atoms with Gasteiger partial charge in [-0.1, -0.05) is 59.6 Å². The summed E-state index contributed by atoms with van der Waals surface area (Å²) in [6.07, 6.45) is 5.14. The third-order valence-electron chi connectivity index (χ3n) is 8.94. The van der Waals surface area contributed by atoms with Crippen molar-refractivity contribution in [3.63, 3.8) is 0 Å². The van der Waals surface area contributed by atoms with Crippen LogP contribution >= 0.6 is 23.2 Å². The lowest BCUT2D eigenvalue weighted by Crippen LogP contribution is -2.49. The van der Waals surface area contributed by atoms with E-state index in [2.05, 4.69) is 15.9 Å². The lowest BCUT2D eigenvalue weighted by atomic mass is 9.70. The van der Waals surface area contributed by atoms with E-state index in [1.54, 1.807) is 24.3 Å². The van der Waals surface area contributed by atoms with Crippen molar-refractivity contribution in [2.75, 3.05) is 36.8 Å². The molecule has 6 nitrogen and oxygen atoms in total. The molecule has 5 rings (SSSR count). The molecule has 0 bridgehead atoms. The van der Waals surface area contributed by atoms with Gasteiger partial charge in [-0.3, -0.25) is 9.69 Å². The smallest absolute Gasteiger partial charge is 0.179 e. The van der Waals surface area contributed by atoms with Gasteiger partial charge in [-0.15, -0.1) is 0 Å². The quantitative estimate of drug-likeness (QED) is 0.261. The van der Waals surface area contributed by atoms with Gasteiger partial charge in [0.2, 0.25) is 0 Å². The summed E-state index contributed by atoms with van der Waals surface area (Å²) in [5.41, 5.74) is 2.52. The van der Waals surface area contributed by atoms with E-state index in [0.29, 0.717) is 39.9 Å². The molecule has 0 radical (unpaired) electrons. The summed E-state index contributed by atoms with van der Waals surface area (Å²) in [7, 11) is -3.49. The number of para-hydroxylation sites is 1. The summed E-state index contributed by atoms with van der Waals surface area (Å²) >= 11 is 12.8. The van der Waals surface area contributed by atoms with E-state index in [9.17, 15) is 18.3 Å². The first-order valence-electron chi connectivity index (χ1n) is 14.7. The van der Waals surface area contributed by atoms with Gasteiger partial charge in [0.1, 0.15) is 0 Å². The number of sulfone groups is 1. The summed E-state index contributed by atoms with van der Waals surface area (Å²) in [6, 6.07) is 21.9. The highest BCUT2D eigenvalue weighted by Crippen LogP contribution is 2.42. The van der Waals surface area contributed by atoms with Crippen LogP contribution in [-0.4, -0.2) is 68.8 Å². The standard InChI is InChI=1S/C33H38Cl2N2O4S/c34-30-13-12-26(20-31(30)35)33(16-7-18-37(24-33)32-11-5-4-8-25(32)22-38)15-6-17-36-19-14-28(39)21-27(36)23-42(40,41)29-9-2-1-3-10-29/h1-5,8-13,20,22,27-28,39H,6-7,14-19,21,23-24H2. The zero-order valence-electron chi connectivity index (χ0n) is 23.7. The largest absolute Gasteiger partial charge is 0.393 e. The van der Waals surface area contributed by atoms with Gasteiger partial charge in [0.15, 0.2) is 16.1 Å². The van der Waals surface area contributed by atoms with Crippen LogP contribution in [0.25, 0.3) is 0 Å². The van der Waals surface area contributed by atoms with Gasteiger partial charge in [-0.2, -0.15) is 0 Å². The molecule has 3 unspecified atom stereocenters. The number of aliphatic hydroxyl groups is 1. The maximum absolute atomic E-state index is 13.2. The normalized spacial score (nSPS) is 23.5. The Bertz CT molecular complexity index is 1490. The molecule has 0 spiro atoms. The topological polar surface area (TPSA) is 77.9 Å². The minimum absolute atomic E-state index is 0.0116. The molecule has 9 heteroatoms. The molecule has 0 aromatic heterocycles. The Kier molecular flexibility index (Phi) is 9.95. The number of anilines is 1. The first kappa shape index (κ1) is 31.0. The van der Waals surface area contributed by atoms with Gasteiger partial charge in [0, 0.05) is 42.3 Å². The molecule has 0 aliphatic carbocycles. The monoisotopic (exact) mass is 628 g/mol. The molecule has 3 aromatic rings. The fourth-order valence-corrected chi connectivity index (χ4v) is 8.68. The third kappa shape index (κ3) is 7.03. The highest BCUT2D eigenvalue weighted by Gasteiger charge is 2.39. The number of aldehydes is 1. The van der Waals surface area contributed by atoms with Crippen LogP contribution in [0.4, 0.5) is 5.69 Å². The number of nitrogens with zero attached hydrogens (tertiary/aromatic N) is 2. The summed E-state index contributed by atoms with van der Waals surface area (Å²) in [5, 5.41) is 11.5. The Balaban J connectivity index is 1.36. The predicted molar refractivity (Wildman–Crippen MR) is 170 cm³/mol. The number of carbonyl (C=O) groups is 1. The molecular formula is C33H38Cl2N2O4S. The first-order chi connectivity index (χ1) is 20.2. The van der Waals surface area contributed by atoms with E-state index < -0.39 is 15.9 Å². The molecule has 2 aliphatic rings. The zero-order chi connectivity index (χ0) is 29.7. The fraction of sp³-hybridized carbons (Fsp3) is 0.424. The summed E-state index contributed by atoms with van der Waals surface area (Å²) in [6.45, 7) is 2.99. The van der Waals surface area contributed by atoms with E-state index in [0.717, 1.165) is 62.9 Å². The van der Waals surface area contributed by atoms with Crippen molar-refractivity contribution in [1.82, 2.24) is 4.90 Å². The van der Waals surface area contributed by atoms with E-state index >= 15 is 0 Å². The number of halogens is 2. The summed E-state index contributed by atoms with van der Waals surface area (Å²) in [4.78, 5) is 16.7. The molecule has 0 saturated carbocycles. The lowest BCUT2D eigenvalue weighted by molar-refractivity contribution is 0.0475. The summed E-state index contributed by atoms with van der Waals surface area (Å²) < 4.78 is 26.5.